The second-order valence-corrected chi connectivity index (χ2v) is 4.13. The highest BCUT2D eigenvalue weighted by Gasteiger charge is 2.08. The quantitative estimate of drug-likeness (QED) is 0.854. The van der Waals surface area contributed by atoms with Gasteiger partial charge in [0, 0.05) is 17.4 Å². The Morgan fingerprint density at radius 2 is 1.95 bits per heavy atom. The van der Waals surface area contributed by atoms with Crippen LogP contribution in [0.2, 0.25) is 0 Å². The summed E-state index contributed by atoms with van der Waals surface area (Å²) in [7, 11) is 0. The number of carbonyl (C=O) groups excluding carboxylic acids is 2. The molecule has 0 atom stereocenters. The maximum atomic E-state index is 11.9. The molecule has 0 fully saturated rings. The number of nitrogens with zero attached hydrogens (tertiary/aromatic N) is 2. The highest BCUT2D eigenvalue weighted by Crippen LogP contribution is 2.12. The molecule has 0 saturated heterocycles. The van der Waals surface area contributed by atoms with E-state index in [1.54, 1.807) is 31.2 Å². The van der Waals surface area contributed by atoms with E-state index in [1.165, 1.54) is 19.3 Å². The standard InChI is InChI=1S/C14H13N3O2/c1-9-7-16-13(8-15-9)14(19)17-12-5-3-4-11(6-12)10(2)18/h3-8H,1-2H3,(H,17,19). The molecule has 2 rings (SSSR count). The first-order valence-corrected chi connectivity index (χ1v) is 5.77. The summed E-state index contributed by atoms with van der Waals surface area (Å²) in [5, 5.41) is 2.68. The van der Waals surface area contributed by atoms with Crippen molar-refractivity contribution in [2.75, 3.05) is 5.32 Å². The van der Waals surface area contributed by atoms with Crippen molar-refractivity contribution in [3.05, 3.63) is 53.6 Å². The maximum Gasteiger partial charge on any atom is 0.275 e. The van der Waals surface area contributed by atoms with Gasteiger partial charge < -0.3 is 5.32 Å². The van der Waals surface area contributed by atoms with Crippen molar-refractivity contribution in [3.8, 4) is 0 Å². The van der Waals surface area contributed by atoms with E-state index in [2.05, 4.69) is 15.3 Å². The van der Waals surface area contributed by atoms with Crippen LogP contribution in [0.25, 0.3) is 0 Å². The smallest absolute Gasteiger partial charge is 0.275 e. The van der Waals surface area contributed by atoms with E-state index in [1.807, 2.05) is 0 Å². The van der Waals surface area contributed by atoms with Crippen molar-refractivity contribution in [1.29, 1.82) is 0 Å². The Morgan fingerprint density at radius 3 is 2.58 bits per heavy atom. The minimum absolute atomic E-state index is 0.0498. The van der Waals surface area contributed by atoms with Gasteiger partial charge in [-0.05, 0) is 26.0 Å². The van der Waals surface area contributed by atoms with Crippen LogP contribution in [-0.2, 0) is 0 Å². The van der Waals surface area contributed by atoms with Gasteiger partial charge in [0.25, 0.3) is 5.91 Å². The number of benzene rings is 1. The van der Waals surface area contributed by atoms with E-state index in [4.69, 9.17) is 0 Å². The van der Waals surface area contributed by atoms with Gasteiger partial charge in [-0.15, -0.1) is 0 Å². The van der Waals surface area contributed by atoms with Gasteiger partial charge >= 0.3 is 0 Å². The van der Waals surface area contributed by atoms with Gasteiger partial charge in [0.15, 0.2) is 5.78 Å². The van der Waals surface area contributed by atoms with Crippen molar-refractivity contribution < 1.29 is 9.59 Å². The summed E-state index contributed by atoms with van der Waals surface area (Å²) in [5.41, 5.74) is 2.09. The molecule has 1 aromatic carbocycles. The molecule has 1 N–H and O–H groups in total. The fraction of sp³-hybridized carbons (Fsp3) is 0.143. The van der Waals surface area contributed by atoms with Crippen LogP contribution < -0.4 is 5.32 Å². The minimum atomic E-state index is -0.354. The van der Waals surface area contributed by atoms with Gasteiger partial charge in [0.1, 0.15) is 5.69 Å². The van der Waals surface area contributed by atoms with Crippen LogP contribution in [0.4, 0.5) is 5.69 Å². The molecule has 1 heterocycles. The third-order valence-corrected chi connectivity index (χ3v) is 2.54. The van der Waals surface area contributed by atoms with Crippen LogP contribution in [0.1, 0.15) is 33.5 Å². The predicted molar refractivity (Wildman–Crippen MR) is 71.2 cm³/mol. The van der Waals surface area contributed by atoms with E-state index in [0.717, 1.165) is 5.69 Å². The van der Waals surface area contributed by atoms with Crippen LogP contribution in [0.3, 0.4) is 0 Å². The molecule has 19 heavy (non-hydrogen) atoms. The summed E-state index contributed by atoms with van der Waals surface area (Å²) >= 11 is 0. The van der Waals surface area contributed by atoms with E-state index < -0.39 is 0 Å². The molecule has 0 bridgehead atoms. The maximum absolute atomic E-state index is 11.9. The summed E-state index contributed by atoms with van der Waals surface area (Å²) in [6, 6.07) is 6.75. The van der Waals surface area contributed by atoms with E-state index in [0.29, 0.717) is 11.3 Å². The lowest BCUT2D eigenvalue weighted by Crippen LogP contribution is -2.14. The topological polar surface area (TPSA) is 72.0 Å². The largest absolute Gasteiger partial charge is 0.321 e. The molecule has 0 radical (unpaired) electrons. The molecule has 0 spiro atoms. The summed E-state index contributed by atoms with van der Waals surface area (Å²) in [4.78, 5) is 31.2. The van der Waals surface area contributed by atoms with Crippen LogP contribution in [-0.4, -0.2) is 21.7 Å². The van der Waals surface area contributed by atoms with Crippen LogP contribution in [0, 0.1) is 6.92 Å². The van der Waals surface area contributed by atoms with Crippen molar-refractivity contribution in [1.82, 2.24) is 9.97 Å². The fourth-order valence-electron chi connectivity index (χ4n) is 1.52. The lowest BCUT2D eigenvalue weighted by molar-refractivity contribution is 0.100. The first-order chi connectivity index (χ1) is 9.06. The Bertz CT molecular complexity index is 621. The molecule has 0 aliphatic rings. The monoisotopic (exact) mass is 255 g/mol. The normalized spacial score (nSPS) is 10.0. The molecule has 1 aromatic heterocycles. The minimum Gasteiger partial charge on any atom is -0.321 e. The average Bonchev–Trinajstić information content (AvgIpc) is 2.39. The Hall–Kier alpha value is -2.56. The number of hydrogen-bond donors (Lipinski definition) is 1. The molecule has 0 aliphatic heterocycles. The summed E-state index contributed by atoms with van der Waals surface area (Å²) < 4.78 is 0. The molecule has 5 heteroatoms. The number of nitrogens with one attached hydrogen (secondary N) is 1. The molecule has 1 amide bonds. The summed E-state index contributed by atoms with van der Waals surface area (Å²) in [6.45, 7) is 3.28. The van der Waals surface area contributed by atoms with E-state index >= 15 is 0 Å². The van der Waals surface area contributed by atoms with E-state index in [9.17, 15) is 9.59 Å². The third-order valence-electron chi connectivity index (χ3n) is 2.54. The molecule has 0 saturated carbocycles. The van der Waals surface area contributed by atoms with Gasteiger partial charge in [0.2, 0.25) is 0 Å². The Morgan fingerprint density at radius 1 is 1.16 bits per heavy atom. The predicted octanol–water partition coefficient (Wildman–Crippen LogP) is 2.24. The van der Waals surface area contributed by atoms with Gasteiger partial charge in [-0.2, -0.15) is 0 Å². The van der Waals surface area contributed by atoms with Crippen LogP contribution in [0.5, 0.6) is 0 Å². The fourth-order valence-corrected chi connectivity index (χ4v) is 1.52. The number of carbonyl (C=O) groups is 2. The van der Waals surface area contributed by atoms with E-state index in [-0.39, 0.29) is 17.4 Å². The van der Waals surface area contributed by atoms with Crippen LogP contribution >= 0.6 is 0 Å². The SMILES string of the molecule is CC(=O)c1cccc(NC(=O)c2cnc(C)cn2)c1. The number of anilines is 1. The molecular formula is C14H13N3O2. The number of ketones is 1. The highest BCUT2D eigenvalue weighted by molar-refractivity contribution is 6.03. The zero-order chi connectivity index (χ0) is 13.8. The number of rotatable bonds is 3. The lowest BCUT2D eigenvalue weighted by atomic mass is 10.1. The lowest BCUT2D eigenvalue weighted by Gasteiger charge is -2.05. The molecule has 5 nitrogen and oxygen atoms in total. The molecule has 2 aromatic rings. The number of aryl methyl sites for hydroxylation is 1. The number of hydrogen-bond acceptors (Lipinski definition) is 4. The Balaban J connectivity index is 2.17. The van der Waals surface area contributed by atoms with Gasteiger partial charge in [-0.3, -0.25) is 14.6 Å². The van der Waals surface area contributed by atoms with Gasteiger partial charge in [-0.1, -0.05) is 12.1 Å². The summed E-state index contributed by atoms with van der Waals surface area (Å²) in [6.07, 6.45) is 2.94. The van der Waals surface area contributed by atoms with Gasteiger partial charge in [-0.25, -0.2) is 4.98 Å². The molecule has 0 aliphatic carbocycles. The summed E-state index contributed by atoms with van der Waals surface area (Å²) in [5.74, 6) is -0.403. The number of Topliss-reactive ketones (excluding diaryl/α,β-unsaturated/α-hetero) is 1. The average molecular weight is 255 g/mol. The second kappa shape index (κ2) is 5.39. The zero-order valence-electron chi connectivity index (χ0n) is 10.7. The van der Waals surface area contributed by atoms with Gasteiger partial charge in [0.05, 0.1) is 11.9 Å². The van der Waals surface area contributed by atoms with Crippen LogP contribution in [0.15, 0.2) is 36.7 Å². The number of amides is 1. The molecule has 0 unspecified atom stereocenters. The third kappa shape index (κ3) is 3.22. The van der Waals surface area contributed by atoms with Crippen molar-refractivity contribution >= 4 is 17.4 Å². The van der Waals surface area contributed by atoms with Crippen molar-refractivity contribution in [3.63, 3.8) is 0 Å². The first kappa shape index (κ1) is 12.9. The highest BCUT2D eigenvalue weighted by atomic mass is 16.2. The number of aromatic nitrogens is 2. The molecule has 96 valence electrons. The molecular weight excluding hydrogens is 242 g/mol. The first-order valence-electron chi connectivity index (χ1n) is 5.77. The second-order valence-electron chi connectivity index (χ2n) is 4.13. The van der Waals surface area contributed by atoms with Crippen molar-refractivity contribution in [2.24, 2.45) is 0 Å². The zero-order valence-corrected chi connectivity index (χ0v) is 10.7. The Labute approximate surface area is 110 Å². The Kier molecular flexibility index (Phi) is 3.66. The van der Waals surface area contributed by atoms with Crippen molar-refractivity contribution in [2.45, 2.75) is 13.8 Å².